The molecule has 4 rings (SSSR count). The highest BCUT2D eigenvalue weighted by molar-refractivity contribution is 8.00. The Morgan fingerprint density at radius 3 is 2.67 bits per heavy atom. The molecule has 158 valence electrons. The van der Waals surface area contributed by atoms with E-state index in [2.05, 4.69) is 22.0 Å². The Labute approximate surface area is 181 Å². The van der Waals surface area contributed by atoms with E-state index in [1.807, 2.05) is 49.4 Å². The number of amides is 1. The molecule has 0 bridgehead atoms. The summed E-state index contributed by atoms with van der Waals surface area (Å²) in [6.45, 7) is 2.60. The van der Waals surface area contributed by atoms with E-state index in [0.29, 0.717) is 6.42 Å². The number of carbonyl (C=O) groups is 1. The van der Waals surface area contributed by atoms with Gasteiger partial charge in [-0.3, -0.25) is 4.79 Å². The molecule has 2 unspecified atom stereocenters. The average Bonchev–Trinajstić information content (AvgIpc) is 3.25. The molecule has 1 aliphatic rings. The lowest BCUT2D eigenvalue weighted by Gasteiger charge is -2.16. The fraction of sp³-hybridized carbons (Fsp3) is 0.364. The predicted molar refractivity (Wildman–Crippen MR) is 120 cm³/mol. The predicted octanol–water partition coefficient (Wildman–Crippen LogP) is 3.06. The summed E-state index contributed by atoms with van der Waals surface area (Å²) in [5, 5.41) is 3.31. The zero-order valence-corrected chi connectivity index (χ0v) is 18.5. The van der Waals surface area contributed by atoms with Gasteiger partial charge in [-0.25, -0.2) is 13.4 Å². The highest BCUT2D eigenvalue weighted by Gasteiger charge is 2.30. The molecule has 2 aromatic carbocycles. The van der Waals surface area contributed by atoms with Crippen LogP contribution < -0.4 is 5.32 Å². The summed E-state index contributed by atoms with van der Waals surface area (Å²) in [5.41, 5.74) is 3.20. The Bertz CT molecular complexity index is 1140. The molecule has 1 saturated heterocycles. The summed E-state index contributed by atoms with van der Waals surface area (Å²) < 4.78 is 25.5. The van der Waals surface area contributed by atoms with E-state index < -0.39 is 9.84 Å². The molecule has 2 heterocycles. The fourth-order valence-electron chi connectivity index (χ4n) is 3.68. The maximum Gasteiger partial charge on any atom is 0.233 e. The highest BCUT2D eigenvalue weighted by Crippen LogP contribution is 2.28. The Hall–Kier alpha value is -2.32. The van der Waals surface area contributed by atoms with Gasteiger partial charge in [-0.1, -0.05) is 54.2 Å². The van der Waals surface area contributed by atoms with Crippen molar-refractivity contribution in [3.8, 4) is 0 Å². The molecule has 1 N–H and O–H groups in total. The molecule has 2 atom stereocenters. The summed E-state index contributed by atoms with van der Waals surface area (Å²) >= 11 is 1.41. The molecule has 1 aliphatic heterocycles. The first-order valence-electron chi connectivity index (χ1n) is 10.1. The minimum atomic E-state index is -3.02. The monoisotopic (exact) mass is 443 g/mol. The third kappa shape index (κ3) is 4.87. The van der Waals surface area contributed by atoms with Crippen molar-refractivity contribution in [2.75, 3.05) is 11.5 Å². The van der Waals surface area contributed by atoms with Gasteiger partial charge in [0.05, 0.1) is 27.8 Å². The van der Waals surface area contributed by atoms with E-state index in [1.54, 1.807) is 0 Å². The molecule has 0 aliphatic carbocycles. The second-order valence-electron chi connectivity index (χ2n) is 7.64. The first kappa shape index (κ1) is 20.9. The lowest BCUT2D eigenvalue weighted by Crippen LogP contribution is -2.40. The van der Waals surface area contributed by atoms with Crippen molar-refractivity contribution < 1.29 is 13.2 Å². The molecule has 0 spiro atoms. The minimum Gasteiger partial charge on any atom is -0.351 e. The van der Waals surface area contributed by atoms with Crippen LogP contribution in [-0.2, 0) is 27.6 Å². The Morgan fingerprint density at radius 2 is 1.93 bits per heavy atom. The molecule has 3 aromatic rings. The largest absolute Gasteiger partial charge is 0.351 e. The van der Waals surface area contributed by atoms with Crippen molar-refractivity contribution in [3.63, 3.8) is 0 Å². The Morgan fingerprint density at radius 1 is 1.20 bits per heavy atom. The zero-order valence-electron chi connectivity index (χ0n) is 16.8. The standard InChI is InChI=1S/C22H25N3O3S2/c1-16(21(26)23-18-12-14-30(27,28)15-18)29-22-24-19-9-5-6-10-20(19)25(22)13-11-17-7-3-2-4-8-17/h2-10,16,18H,11-15H2,1H3,(H,23,26). The summed E-state index contributed by atoms with van der Waals surface area (Å²) in [6.07, 6.45) is 1.36. The van der Waals surface area contributed by atoms with E-state index in [-0.39, 0.29) is 28.7 Å². The van der Waals surface area contributed by atoms with Gasteiger partial charge < -0.3 is 9.88 Å². The van der Waals surface area contributed by atoms with Crippen LogP contribution in [-0.4, -0.2) is 46.7 Å². The first-order chi connectivity index (χ1) is 14.4. The summed E-state index contributed by atoms with van der Waals surface area (Å²) in [5.74, 6) is 0.0317. The lowest BCUT2D eigenvalue weighted by molar-refractivity contribution is -0.120. The van der Waals surface area contributed by atoms with Gasteiger partial charge in [0.25, 0.3) is 0 Å². The number of sulfone groups is 1. The highest BCUT2D eigenvalue weighted by atomic mass is 32.2. The molecule has 1 amide bonds. The number of hydrogen-bond acceptors (Lipinski definition) is 5. The second-order valence-corrected chi connectivity index (χ2v) is 11.2. The lowest BCUT2D eigenvalue weighted by atomic mass is 10.1. The molecule has 1 aromatic heterocycles. The van der Waals surface area contributed by atoms with Crippen LogP contribution in [0.25, 0.3) is 11.0 Å². The number of fused-ring (bicyclic) bond motifs is 1. The van der Waals surface area contributed by atoms with Crippen LogP contribution in [0.3, 0.4) is 0 Å². The molecule has 1 fully saturated rings. The maximum atomic E-state index is 12.7. The molecule has 0 saturated carbocycles. The third-order valence-electron chi connectivity index (χ3n) is 5.32. The number of aryl methyl sites for hydroxylation is 2. The van der Waals surface area contributed by atoms with Crippen molar-refractivity contribution in [2.45, 2.75) is 42.8 Å². The van der Waals surface area contributed by atoms with Gasteiger partial charge in [0.15, 0.2) is 15.0 Å². The van der Waals surface area contributed by atoms with Crippen molar-refractivity contribution in [3.05, 3.63) is 60.2 Å². The number of carbonyl (C=O) groups excluding carboxylic acids is 1. The maximum absolute atomic E-state index is 12.7. The van der Waals surface area contributed by atoms with Crippen LogP contribution in [0.1, 0.15) is 18.9 Å². The first-order valence-corrected chi connectivity index (χ1v) is 12.8. The second kappa shape index (κ2) is 8.81. The fourth-order valence-corrected chi connectivity index (χ4v) is 6.32. The van der Waals surface area contributed by atoms with Crippen molar-refractivity contribution in [1.29, 1.82) is 0 Å². The van der Waals surface area contributed by atoms with E-state index in [1.165, 1.54) is 17.3 Å². The topological polar surface area (TPSA) is 81.1 Å². The van der Waals surface area contributed by atoms with Crippen molar-refractivity contribution in [2.24, 2.45) is 0 Å². The molecule has 0 radical (unpaired) electrons. The Balaban J connectivity index is 1.49. The van der Waals surface area contributed by atoms with Crippen LogP contribution in [0.15, 0.2) is 59.8 Å². The van der Waals surface area contributed by atoms with Gasteiger partial charge in [-0.15, -0.1) is 0 Å². The number of aromatic nitrogens is 2. The molecule has 8 heteroatoms. The Kier molecular flexibility index (Phi) is 6.15. The number of thioether (sulfide) groups is 1. The normalized spacial score (nSPS) is 19.0. The number of rotatable bonds is 7. The van der Waals surface area contributed by atoms with Crippen LogP contribution in [0.2, 0.25) is 0 Å². The number of nitrogens with zero attached hydrogens (tertiary/aromatic N) is 2. The number of hydrogen-bond donors (Lipinski definition) is 1. The number of para-hydroxylation sites is 2. The van der Waals surface area contributed by atoms with E-state index in [9.17, 15) is 13.2 Å². The van der Waals surface area contributed by atoms with Crippen LogP contribution in [0.4, 0.5) is 0 Å². The zero-order chi connectivity index (χ0) is 21.1. The smallest absolute Gasteiger partial charge is 0.233 e. The van der Waals surface area contributed by atoms with Gasteiger partial charge in [0, 0.05) is 12.6 Å². The van der Waals surface area contributed by atoms with Crippen LogP contribution in [0.5, 0.6) is 0 Å². The summed E-state index contributed by atoms with van der Waals surface area (Å²) in [4.78, 5) is 17.4. The number of benzene rings is 2. The summed E-state index contributed by atoms with van der Waals surface area (Å²) in [7, 11) is -3.02. The SMILES string of the molecule is CC(Sc1nc2ccccc2n1CCc1ccccc1)C(=O)NC1CCS(=O)(=O)C1. The molecular formula is C22H25N3O3S2. The van der Waals surface area contributed by atoms with Gasteiger partial charge in [0.2, 0.25) is 5.91 Å². The van der Waals surface area contributed by atoms with E-state index >= 15 is 0 Å². The quantitative estimate of drug-likeness (QED) is 0.568. The third-order valence-corrected chi connectivity index (χ3v) is 8.17. The van der Waals surface area contributed by atoms with Crippen LogP contribution in [0, 0.1) is 0 Å². The molecular weight excluding hydrogens is 418 g/mol. The van der Waals surface area contributed by atoms with E-state index in [4.69, 9.17) is 4.98 Å². The molecule has 6 nitrogen and oxygen atoms in total. The number of nitrogens with one attached hydrogen (secondary N) is 1. The number of imidazole rings is 1. The minimum absolute atomic E-state index is 0.0334. The van der Waals surface area contributed by atoms with Gasteiger partial charge in [0.1, 0.15) is 0 Å². The van der Waals surface area contributed by atoms with Gasteiger partial charge in [-0.2, -0.15) is 0 Å². The van der Waals surface area contributed by atoms with E-state index in [0.717, 1.165) is 29.2 Å². The molecule has 30 heavy (non-hydrogen) atoms. The van der Waals surface area contributed by atoms with Crippen molar-refractivity contribution in [1.82, 2.24) is 14.9 Å². The average molecular weight is 444 g/mol. The van der Waals surface area contributed by atoms with Gasteiger partial charge in [-0.05, 0) is 37.5 Å². The van der Waals surface area contributed by atoms with Crippen molar-refractivity contribution >= 4 is 38.5 Å². The summed E-state index contributed by atoms with van der Waals surface area (Å²) in [6, 6.07) is 18.0. The van der Waals surface area contributed by atoms with Crippen LogP contribution >= 0.6 is 11.8 Å². The van der Waals surface area contributed by atoms with Gasteiger partial charge >= 0.3 is 0 Å².